The normalized spacial score (nSPS) is 11.8. The van der Waals surface area contributed by atoms with Gasteiger partial charge in [-0.15, -0.1) is 11.8 Å². The van der Waals surface area contributed by atoms with Gasteiger partial charge in [-0.05, 0) is 35.3 Å². The lowest BCUT2D eigenvalue weighted by Gasteiger charge is -2.19. The first-order valence-electron chi connectivity index (χ1n) is 8.85. The van der Waals surface area contributed by atoms with Gasteiger partial charge in [-0.1, -0.05) is 71.9 Å². The Morgan fingerprint density at radius 3 is 2.05 bits per heavy atom. The van der Waals surface area contributed by atoms with Crippen molar-refractivity contribution in [3.05, 3.63) is 29.8 Å². The molecule has 0 N–H and O–H groups in total. The molecule has 0 radical (unpaired) electrons. The molecule has 2 heteroatoms. The Morgan fingerprint density at radius 1 is 0.773 bits per heavy atom. The molecule has 0 saturated heterocycles. The lowest BCUT2D eigenvalue weighted by atomic mass is 9.87. The summed E-state index contributed by atoms with van der Waals surface area (Å²) in [6, 6.07) is 9.13. The summed E-state index contributed by atoms with van der Waals surface area (Å²) in [7, 11) is 0. The minimum atomic E-state index is 0.260. The zero-order chi connectivity index (χ0) is 16.3. The van der Waals surface area contributed by atoms with E-state index in [4.69, 9.17) is 0 Å². The molecule has 0 aliphatic rings. The number of hydrogen-bond acceptors (Lipinski definition) is 2. The summed E-state index contributed by atoms with van der Waals surface area (Å²) in [4.78, 5) is 1.41. The molecule has 0 heterocycles. The summed E-state index contributed by atoms with van der Waals surface area (Å²) in [5.41, 5.74) is 1.69. The fourth-order valence-electron chi connectivity index (χ4n) is 2.36. The fraction of sp³-hybridized carbons (Fsp3) is 0.700. The topological polar surface area (TPSA) is 0 Å². The molecule has 0 fully saturated rings. The van der Waals surface area contributed by atoms with Crippen LogP contribution in [0.2, 0.25) is 0 Å². The molecule has 0 aliphatic heterocycles. The van der Waals surface area contributed by atoms with Crippen molar-refractivity contribution in [1.82, 2.24) is 0 Å². The second-order valence-electron chi connectivity index (χ2n) is 7.00. The fourth-order valence-corrected chi connectivity index (χ4v) is 4.34. The van der Waals surface area contributed by atoms with Gasteiger partial charge in [-0.25, -0.2) is 0 Å². The van der Waals surface area contributed by atoms with E-state index >= 15 is 0 Å². The van der Waals surface area contributed by atoms with E-state index in [0.29, 0.717) is 0 Å². The minimum Gasteiger partial charge on any atom is -0.161 e. The Labute approximate surface area is 147 Å². The van der Waals surface area contributed by atoms with Gasteiger partial charge in [0.05, 0.1) is 0 Å². The monoisotopic (exact) mass is 338 g/mol. The van der Waals surface area contributed by atoms with Gasteiger partial charge in [0.1, 0.15) is 0 Å². The summed E-state index contributed by atoms with van der Waals surface area (Å²) >= 11 is 4.12. The zero-order valence-electron chi connectivity index (χ0n) is 15.0. The Hall–Kier alpha value is -0.0800. The predicted molar refractivity (Wildman–Crippen MR) is 107 cm³/mol. The van der Waals surface area contributed by atoms with Gasteiger partial charge in [0, 0.05) is 16.4 Å². The molecule has 22 heavy (non-hydrogen) atoms. The van der Waals surface area contributed by atoms with Crippen LogP contribution >= 0.6 is 23.5 Å². The van der Waals surface area contributed by atoms with Gasteiger partial charge in [0.15, 0.2) is 0 Å². The molecule has 0 atom stereocenters. The van der Waals surface area contributed by atoms with E-state index < -0.39 is 0 Å². The summed E-state index contributed by atoms with van der Waals surface area (Å²) in [5, 5.41) is 0. The number of benzene rings is 1. The van der Waals surface area contributed by atoms with Gasteiger partial charge in [-0.3, -0.25) is 0 Å². The molecule has 0 unspecified atom stereocenters. The van der Waals surface area contributed by atoms with Gasteiger partial charge in [0.25, 0.3) is 0 Å². The van der Waals surface area contributed by atoms with Gasteiger partial charge in [0.2, 0.25) is 0 Å². The summed E-state index contributed by atoms with van der Waals surface area (Å²) in [6.45, 7) is 9.10. The highest BCUT2D eigenvalue weighted by Crippen LogP contribution is 2.26. The van der Waals surface area contributed by atoms with Crippen molar-refractivity contribution in [2.45, 2.75) is 76.5 Å². The maximum absolute atomic E-state index is 2.28. The smallest absolute Gasteiger partial charge is 0.00724 e. The standard InChI is InChI=1S/C20H34S2/c1-5-6-7-8-9-10-15-21-16-17-22-19-13-11-18(12-14-19)20(2,3)4/h11-14H,5-10,15-17H2,1-4H3. The van der Waals surface area contributed by atoms with E-state index in [1.165, 1.54) is 66.2 Å². The van der Waals surface area contributed by atoms with Crippen LogP contribution in [-0.4, -0.2) is 17.3 Å². The second-order valence-corrected chi connectivity index (χ2v) is 9.40. The number of rotatable bonds is 11. The van der Waals surface area contributed by atoms with E-state index in [0.717, 1.165) is 0 Å². The molecule has 1 rings (SSSR count). The third kappa shape index (κ3) is 9.15. The lowest BCUT2D eigenvalue weighted by Crippen LogP contribution is -2.10. The Kier molecular flexibility index (Phi) is 10.4. The predicted octanol–water partition coefficient (Wildman–Crippen LogP) is 7.17. The van der Waals surface area contributed by atoms with Crippen LogP contribution in [0.4, 0.5) is 0 Å². The van der Waals surface area contributed by atoms with Crippen molar-refractivity contribution >= 4 is 23.5 Å². The number of hydrogen-bond donors (Lipinski definition) is 0. The van der Waals surface area contributed by atoms with Crippen molar-refractivity contribution in [3.8, 4) is 0 Å². The summed E-state index contributed by atoms with van der Waals surface area (Å²) < 4.78 is 0. The number of unbranched alkanes of at least 4 members (excludes halogenated alkanes) is 5. The molecule has 126 valence electrons. The second kappa shape index (κ2) is 11.5. The molecule has 0 saturated carbocycles. The first-order chi connectivity index (χ1) is 10.5. The first kappa shape index (κ1) is 20.0. The maximum atomic E-state index is 2.28. The van der Waals surface area contributed by atoms with E-state index in [1.54, 1.807) is 0 Å². The van der Waals surface area contributed by atoms with Crippen LogP contribution in [-0.2, 0) is 5.41 Å². The SMILES string of the molecule is CCCCCCCCSCCSc1ccc(C(C)(C)C)cc1. The zero-order valence-corrected chi connectivity index (χ0v) is 16.6. The Morgan fingerprint density at radius 2 is 1.41 bits per heavy atom. The Bertz CT molecular complexity index is 376. The average molecular weight is 339 g/mol. The molecule has 0 nitrogen and oxygen atoms in total. The maximum Gasteiger partial charge on any atom is 0.00724 e. The summed E-state index contributed by atoms with van der Waals surface area (Å²) in [6.07, 6.45) is 8.46. The van der Waals surface area contributed by atoms with Crippen LogP contribution in [0.3, 0.4) is 0 Å². The van der Waals surface area contributed by atoms with Gasteiger partial charge >= 0.3 is 0 Å². The van der Waals surface area contributed by atoms with Crippen LogP contribution in [0.1, 0.15) is 71.8 Å². The highest BCUT2D eigenvalue weighted by atomic mass is 32.2. The number of thioether (sulfide) groups is 2. The highest BCUT2D eigenvalue weighted by molar-refractivity contribution is 8.02. The minimum absolute atomic E-state index is 0.260. The molecule has 0 amide bonds. The van der Waals surface area contributed by atoms with Crippen molar-refractivity contribution in [1.29, 1.82) is 0 Å². The van der Waals surface area contributed by atoms with Crippen molar-refractivity contribution in [3.63, 3.8) is 0 Å². The molecule has 1 aromatic rings. The molecule has 0 bridgehead atoms. The molecular weight excluding hydrogens is 304 g/mol. The van der Waals surface area contributed by atoms with E-state index in [9.17, 15) is 0 Å². The molecule has 1 aromatic carbocycles. The van der Waals surface area contributed by atoms with Crippen molar-refractivity contribution < 1.29 is 0 Å². The van der Waals surface area contributed by atoms with Crippen LogP contribution in [0, 0.1) is 0 Å². The molecule has 0 aliphatic carbocycles. The largest absolute Gasteiger partial charge is 0.161 e. The average Bonchev–Trinajstić information content (AvgIpc) is 2.49. The summed E-state index contributed by atoms with van der Waals surface area (Å²) in [5.74, 6) is 3.85. The van der Waals surface area contributed by atoms with Crippen LogP contribution in [0.25, 0.3) is 0 Å². The van der Waals surface area contributed by atoms with Gasteiger partial charge in [-0.2, -0.15) is 11.8 Å². The van der Waals surface area contributed by atoms with Crippen LogP contribution in [0.15, 0.2) is 29.2 Å². The third-order valence-corrected chi connectivity index (χ3v) is 6.20. The van der Waals surface area contributed by atoms with E-state index in [1.807, 2.05) is 11.8 Å². The Balaban J connectivity index is 2.03. The lowest BCUT2D eigenvalue weighted by molar-refractivity contribution is 0.590. The third-order valence-electron chi connectivity index (χ3n) is 3.86. The molecule has 0 spiro atoms. The van der Waals surface area contributed by atoms with Gasteiger partial charge < -0.3 is 0 Å². The van der Waals surface area contributed by atoms with Crippen LogP contribution < -0.4 is 0 Å². The van der Waals surface area contributed by atoms with E-state index in [-0.39, 0.29) is 5.41 Å². The first-order valence-corrected chi connectivity index (χ1v) is 11.0. The van der Waals surface area contributed by atoms with Crippen molar-refractivity contribution in [2.75, 3.05) is 17.3 Å². The van der Waals surface area contributed by atoms with Crippen molar-refractivity contribution in [2.24, 2.45) is 0 Å². The quantitative estimate of drug-likeness (QED) is 0.310. The molecule has 0 aromatic heterocycles. The molecular formula is C20H34S2. The van der Waals surface area contributed by atoms with Crippen LogP contribution in [0.5, 0.6) is 0 Å². The highest BCUT2D eigenvalue weighted by Gasteiger charge is 2.12. The van der Waals surface area contributed by atoms with E-state index in [2.05, 4.69) is 63.7 Å².